The van der Waals surface area contributed by atoms with E-state index in [1.807, 2.05) is 17.0 Å². The van der Waals surface area contributed by atoms with E-state index in [0.717, 1.165) is 13.1 Å². The number of amides is 2. The maximum Gasteiger partial charge on any atom is 0.257 e. The number of piperazine rings is 1. The van der Waals surface area contributed by atoms with Crippen LogP contribution in [0.5, 0.6) is 5.75 Å². The monoisotopic (exact) mass is 429 g/mol. The van der Waals surface area contributed by atoms with Gasteiger partial charge in [0.25, 0.3) is 11.8 Å². The van der Waals surface area contributed by atoms with Crippen LogP contribution in [0.4, 0.5) is 0 Å². The summed E-state index contributed by atoms with van der Waals surface area (Å²) in [5.41, 5.74) is 8.11. The molecule has 0 aliphatic carbocycles. The molecule has 1 heterocycles. The third-order valence-corrected chi connectivity index (χ3v) is 5.68. The van der Waals surface area contributed by atoms with Gasteiger partial charge in [-0.05, 0) is 23.3 Å². The lowest BCUT2D eigenvalue weighted by atomic mass is 9.96. The first-order chi connectivity index (χ1) is 15.6. The van der Waals surface area contributed by atoms with Gasteiger partial charge in [0.2, 0.25) is 0 Å². The molecule has 0 atom stereocenters. The minimum absolute atomic E-state index is 0.0966. The highest BCUT2D eigenvalue weighted by atomic mass is 16.5. The Hall–Kier alpha value is -3.64. The fourth-order valence-corrected chi connectivity index (χ4v) is 4.16. The van der Waals surface area contributed by atoms with Crippen LogP contribution in [0.25, 0.3) is 0 Å². The van der Waals surface area contributed by atoms with E-state index in [4.69, 9.17) is 10.5 Å². The number of para-hydroxylation sites is 1. The summed E-state index contributed by atoms with van der Waals surface area (Å²) < 4.78 is 5.45. The van der Waals surface area contributed by atoms with Gasteiger partial charge in [-0.25, -0.2) is 0 Å². The Bertz CT molecular complexity index is 1010. The second-order valence-corrected chi connectivity index (χ2v) is 7.80. The van der Waals surface area contributed by atoms with E-state index < -0.39 is 5.91 Å². The van der Waals surface area contributed by atoms with Gasteiger partial charge in [0.05, 0.1) is 11.6 Å². The Morgan fingerprint density at radius 2 is 1.31 bits per heavy atom. The average Bonchev–Trinajstić information content (AvgIpc) is 2.84. The lowest BCUT2D eigenvalue weighted by molar-refractivity contribution is -0.119. The van der Waals surface area contributed by atoms with Gasteiger partial charge in [0.15, 0.2) is 6.61 Å². The Morgan fingerprint density at radius 1 is 0.781 bits per heavy atom. The molecule has 0 bridgehead atoms. The number of ether oxygens (including phenoxy) is 1. The summed E-state index contributed by atoms with van der Waals surface area (Å²) in [4.78, 5) is 28.5. The highest BCUT2D eigenvalue weighted by Gasteiger charge is 2.29. The van der Waals surface area contributed by atoms with Crippen LogP contribution in [0.15, 0.2) is 84.9 Å². The molecule has 1 aliphatic rings. The van der Waals surface area contributed by atoms with E-state index in [1.165, 1.54) is 11.1 Å². The van der Waals surface area contributed by atoms with E-state index in [1.54, 1.807) is 24.3 Å². The number of nitrogens with zero attached hydrogens (tertiary/aromatic N) is 2. The van der Waals surface area contributed by atoms with Crippen LogP contribution < -0.4 is 10.5 Å². The summed E-state index contributed by atoms with van der Waals surface area (Å²) >= 11 is 0. The molecule has 6 nitrogen and oxygen atoms in total. The lowest BCUT2D eigenvalue weighted by Crippen LogP contribution is -2.50. The molecule has 4 rings (SSSR count). The molecule has 3 aromatic carbocycles. The van der Waals surface area contributed by atoms with Crippen molar-refractivity contribution in [2.75, 3.05) is 32.8 Å². The number of nitrogens with two attached hydrogens (primary N) is 1. The third-order valence-electron chi connectivity index (χ3n) is 5.68. The molecule has 3 aromatic rings. The molecule has 0 aromatic heterocycles. The first-order valence-corrected chi connectivity index (χ1v) is 10.8. The van der Waals surface area contributed by atoms with Crippen molar-refractivity contribution in [2.24, 2.45) is 5.73 Å². The van der Waals surface area contributed by atoms with Crippen molar-refractivity contribution in [3.05, 3.63) is 102 Å². The number of benzene rings is 3. The zero-order valence-corrected chi connectivity index (χ0v) is 17.9. The molecule has 0 unspecified atom stereocenters. The van der Waals surface area contributed by atoms with Gasteiger partial charge in [0.1, 0.15) is 5.75 Å². The van der Waals surface area contributed by atoms with Crippen molar-refractivity contribution in [1.82, 2.24) is 9.80 Å². The fraction of sp³-hybridized carbons (Fsp3) is 0.231. The van der Waals surface area contributed by atoms with E-state index in [2.05, 4.69) is 53.4 Å². The van der Waals surface area contributed by atoms with Crippen molar-refractivity contribution in [3.8, 4) is 5.75 Å². The molecule has 0 saturated carbocycles. The van der Waals surface area contributed by atoms with Gasteiger partial charge in [-0.1, -0.05) is 72.8 Å². The quantitative estimate of drug-likeness (QED) is 0.626. The van der Waals surface area contributed by atoms with E-state index in [-0.39, 0.29) is 18.6 Å². The number of rotatable bonds is 7. The number of hydrogen-bond acceptors (Lipinski definition) is 4. The predicted molar refractivity (Wildman–Crippen MR) is 123 cm³/mol. The topological polar surface area (TPSA) is 75.9 Å². The Balaban J connectivity index is 1.49. The summed E-state index contributed by atoms with van der Waals surface area (Å²) in [6, 6.07) is 28.0. The van der Waals surface area contributed by atoms with Crippen LogP contribution in [-0.4, -0.2) is 54.4 Å². The molecule has 1 saturated heterocycles. The van der Waals surface area contributed by atoms with Gasteiger partial charge in [-0.2, -0.15) is 0 Å². The maximum atomic E-state index is 13.2. The third kappa shape index (κ3) is 4.98. The van der Waals surface area contributed by atoms with Gasteiger partial charge < -0.3 is 15.4 Å². The van der Waals surface area contributed by atoms with E-state index >= 15 is 0 Å². The first-order valence-electron chi connectivity index (χ1n) is 10.8. The second-order valence-electron chi connectivity index (χ2n) is 7.80. The van der Waals surface area contributed by atoms with Crippen LogP contribution in [0.1, 0.15) is 27.5 Å². The van der Waals surface area contributed by atoms with Crippen LogP contribution in [0.3, 0.4) is 0 Å². The van der Waals surface area contributed by atoms with Crippen molar-refractivity contribution in [1.29, 1.82) is 0 Å². The van der Waals surface area contributed by atoms with Crippen LogP contribution >= 0.6 is 0 Å². The standard InChI is InChI=1S/C26H27N3O3/c27-24(30)19-32-23-14-8-7-13-22(23)26(31)29-17-15-28(16-18-29)25(20-9-3-1-4-10-20)21-11-5-2-6-12-21/h1-14,25H,15-19H2,(H2,27,30). The molecular formula is C26H27N3O3. The summed E-state index contributed by atoms with van der Waals surface area (Å²) in [6.07, 6.45) is 0. The van der Waals surface area contributed by atoms with Crippen LogP contribution in [0.2, 0.25) is 0 Å². The molecule has 164 valence electrons. The summed E-state index contributed by atoms with van der Waals surface area (Å²) in [5.74, 6) is -0.292. The lowest BCUT2D eigenvalue weighted by Gasteiger charge is -2.40. The van der Waals surface area contributed by atoms with Crippen molar-refractivity contribution >= 4 is 11.8 Å². The maximum absolute atomic E-state index is 13.2. The zero-order chi connectivity index (χ0) is 22.3. The summed E-state index contributed by atoms with van der Waals surface area (Å²) in [6.45, 7) is 2.47. The molecular weight excluding hydrogens is 402 g/mol. The molecule has 2 amide bonds. The number of hydrogen-bond donors (Lipinski definition) is 1. The van der Waals surface area contributed by atoms with Gasteiger partial charge in [-0.3, -0.25) is 14.5 Å². The van der Waals surface area contributed by atoms with Crippen molar-refractivity contribution < 1.29 is 14.3 Å². The highest BCUT2D eigenvalue weighted by molar-refractivity contribution is 5.97. The smallest absolute Gasteiger partial charge is 0.257 e. The fourth-order valence-electron chi connectivity index (χ4n) is 4.16. The van der Waals surface area contributed by atoms with Gasteiger partial charge >= 0.3 is 0 Å². The number of carbonyl (C=O) groups is 2. The van der Waals surface area contributed by atoms with Crippen LogP contribution in [0, 0.1) is 0 Å². The molecule has 2 N–H and O–H groups in total. The zero-order valence-electron chi connectivity index (χ0n) is 17.9. The number of primary amides is 1. The van der Waals surface area contributed by atoms with Crippen molar-refractivity contribution in [3.63, 3.8) is 0 Å². The van der Waals surface area contributed by atoms with E-state index in [9.17, 15) is 9.59 Å². The average molecular weight is 430 g/mol. The van der Waals surface area contributed by atoms with Gasteiger partial charge in [-0.15, -0.1) is 0 Å². The predicted octanol–water partition coefficient (Wildman–Crippen LogP) is 3.10. The minimum atomic E-state index is -0.575. The normalized spacial score (nSPS) is 14.3. The SMILES string of the molecule is NC(=O)COc1ccccc1C(=O)N1CCN(C(c2ccccc2)c2ccccc2)CC1. The Morgan fingerprint density at radius 3 is 1.88 bits per heavy atom. The Kier molecular flexibility index (Phi) is 6.82. The molecule has 1 aliphatic heterocycles. The van der Waals surface area contributed by atoms with Crippen molar-refractivity contribution in [2.45, 2.75) is 6.04 Å². The molecule has 0 radical (unpaired) electrons. The van der Waals surface area contributed by atoms with Gasteiger partial charge in [0, 0.05) is 26.2 Å². The highest BCUT2D eigenvalue weighted by Crippen LogP contribution is 2.30. The van der Waals surface area contributed by atoms with E-state index in [0.29, 0.717) is 24.4 Å². The minimum Gasteiger partial charge on any atom is -0.483 e. The molecule has 1 fully saturated rings. The molecule has 0 spiro atoms. The summed E-state index contributed by atoms with van der Waals surface area (Å²) in [7, 11) is 0. The Labute approximate surface area is 188 Å². The summed E-state index contributed by atoms with van der Waals surface area (Å²) in [5, 5.41) is 0. The molecule has 32 heavy (non-hydrogen) atoms. The number of carbonyl (C=O) groups excluding carboxylic acids is 2. The largest absolute Gasteiger partial charge is 0.483 e. The first kappa shape index (κ1) is 21.6. The second kappa shape index (κ2) is 10.1. The molecule has 6 heteroatoms. The van der Waals surface area contributed by atoms with Crippen LogP contribution in [-0.2, 0) is 4.79 Å².